The third kappa shape index (κ3) is 5.71. The topological polar surface area (TPSA) is 50.1 Å². The molecule has 3 aliphatic carbocycles. The summed E-state index contributed by atoms with van der Waals surface area (Å²) in [5, 5.41) is 8.92. The second kappa shape index (κ2) is 10.6. The molecule has 158 valence electrons. The normalized spacial score (nSPS) is 39.1. The van der Waals surface area contributed by atoms with Crippen molar-refractivity contribution < 1.29 is 13.9 Å². The Kier molecular flexibility index (Phi) is 8.18. The van der Waals surface area contributed by atoms with Gasteiger partial charge in [-0.2, -0.15) is 5.26 Å². The molecule has 4 heteroatoms. The molecule has 0 aromatic rings. The molecule has 0 aliphatic heterocycles. The zero-order valence-electron chi connectivity index (χ0n) is 17.6. The Hall–Kier alpha value is -1.11. The maximum absolute atomic E-state index is 13.9. The molecule has 3 rings (SSSR count). The summed E-state index contributed by atoms with van der Waals surface area (Å²) >= 11 is 0. The Morgan fingerprint density at radius 3 is 2.21 bits per heavy atom. The minimum atomic E-state index is -1.15. The van der Waals surface area contributed by atoms with E-state index >= 15 is 0 Å². The molecule has 3 fully saturated rings. The van der Waals surface area contributed by atoms with Crippen molar-refractivity contribution in [3.8, 4) is 6.07 Å². The van der Waals surface area contributed by atoms with Gasteiger partial charge in [0.1, 0.15) is 12.3 Å². The predicted octanol–water partition coefficient (Wildman–Crippen LogP) is 6.36. The molecular formula is C24H38FNO2. The summed E-state index contributed by atoms with van der Waals surface area (Å²) in [6, 6.07) is 2.02. The number of nitriles is 1. The molecule has 0 N–H and O–H groups in total. The Morgan fingerprint density at radius 1 is 1.00 bits per heavy atom. The highest BCUT2D eigenvalue weighted by Gasteiger charge is 2.36. The van der Waals surface area contributed by atoms with Crippen LogP contribution in [0.1, 0.15) is 96.8 Å². The number of rotatable bonds is 6. The zero-order valence-corrected chi connectivity index (χ0v) is 17.6. The summed E-state index contributed by atoms with van der Waals surface area (Å²) < 4.78 is 19.6. The monoisotopic (exact) mass is 391 g/mol. The lowest BCUT2D eigenvalue weighted by Gasteiger charge is -2.38. The number of carbonyl (C=O) groups excluding carboxylic acids is 1. The molecule has 0 amide bonds. The van der Waals surface area contributed by atoms with Gasteiger partial charge in [-0.25, -0.2) is 4.39 Å². The largest absolute Gasteiger partial charge is 0.462 e. The van der Waals surface area contributed by atoms with Crippen molar-refractivity contribution in [1.29, 1.82) is 5.26 Å². The average Bonchev–Trinajstić information content (AvgIpc) is 2.73. The fourth-order valence-electron chi connectivity index (χ4n) is 5.86. The second-order valence-electron chi connectivity index (χ2n) is 9.66. The summed E-state index contributed by atoms with van der Waals surface area (Å²) in [4.78, 5) is 12.5. The Balaban J connectivity index is 1.36. The van der Waals surface area contributed by atoms with Crippen LogP contribution in [0.3, 0.4) is 0 Å². The molecule has 0 aromatic carbocycles. The maximum Gasteiger partial charge on any atom is 0.309 e. The summed E-state index contributed by atoms with van der Waals surface area (Å²) in [5.41, 5.74) is 0. The van der Waals surface area contributed by atoms with Crippen LogP contribution >= 0.6 is 0 Å². The zero-order chi connectivity index (χ0) is 19.9. The number of unbranched alkanes of at least 4 members (excludes halogenated alkanes) is 1. The van der Waals surface area contributed by atoms with Gasteiger partial charge in [-0.15, -0.1) is 0 Å². The lowest BCUT2D eigenvalue weighted by atomic mass is 9.68. The van der Waals surface area contributed by atoms with Gasteiger partial charge in [-0.1, -0.05) is 39.0 Å². The van der Waals surface area contributed by atoms with Gasteiger partial charge in [0.05, 0.1) is 17.9 Å². The van der Waals surface area contributed by atoms with Crippen molar-refractivity contribution in [1.82, 2.24) is 0 Å². The van der Waals surface area contributed by atoms with E-state index in [1.165, 1.54) is 44.9 Å². The molecule has 3 aliphatic rings. The highest BCUT2D eigenvalue weighted by molar-refractivity contribution is 5.72. The number of alkyl halides is 1. The molecular weight excluding hydrogens is 353 g/mol. The van der Waals surface area contributed by atoms with Crippen LogP contribution in [0.2, 0.25) is 0 Å². The summed E-state index contributed by atoms with van der Waals surface area (Å²) in [5.74, 6) is 1.97. The first-order valence-electron chi connectivity index (χ1n) is 11.8. The van der Waals surface area contributed by atoms with Crippen LogP contribution in [0.25, 0.3) is 0 Å². The van der Waals surface area contributed by atoms with Gasteiger partial charge in [0.2, 0.25) is 0 Å². The molecule has 3 atom stereocenters. The van der Waals surface area contributed by atoms with Crippen molar-refractivity contribution in [3.05, 3.63) is 0 Å². The Labute approximate surface area is 170 Å². The number of nitrogens with zero attached hydrogens (tertiary/aromatic N) is 1. The first kappa shape index (κ1) is 21.6. The second-order valence-corrected chi connectivity index (χ2v) is 9.66. The van der Waals surface area contributed by atoms with Crippen LogP contribution in [0.15, 0.2) is 0 Å². The van der Waals surface area contributed by atoms with E-state index in [4.69, 9.17) is 10.00 Å². The summed E-state index contributed by atoms with van der Waals surface area (Å²) in [6.07, 6.45) is 13.7. The summed E-state index contributed by atoms with van der Waals surface area (Å²) in [7, 11) is 0. The Bertz CT molecular complexity index is 529. The number of ether oxygens (including phenoxy) is 1. The molecule has 0 spiro atoms. The van der Waals surface area contributed by atoms with Crippen molar-refractivity contribution >= 4 is 5.97 Å². The molecule has 0 aromatic heterocycles. The molecule has 28 heavy (non-hydrogen) atoms. The van der Waals surface area contributed by atoms with Gasteiger partial charge < -0.3 is 4.74 Å². The van der Waals surface area contributed by atoms with Gasteiger partial charge in [-0.3, -0.25) is 4.79 Å². The van der Waals surface area contributed by atoms with E-state index in [1.54, 1.807) is 0 Å². The first-order valence-corrected chi connectivity index (χ1v) is 11.8. The van der Waals surface area contributed by atoms with Gasteiger partial charge >= 0.3 is 5.97 Å². The van der Waals surface area contributed by atoms with Crippen LogP contribution < -0.4 is 0 Å². The van der Waals surface area contributed by atoms with Crippen LogP contribution in [-0.2, 0) is 9.53 Å². The lowest BCUT2D eigenvalue weighted by Crippen LogP contribution is -2.35. The van der Waals surface area contributed by atoms with Crippen molar-refractivity contribution in [2.75, 3.05) is 0 Å². The van der Waals surface area contributed by atoms with Crippen LogP contribution in [0, 0.1) is 40.9 Å². The van der Waals surface area contributed by atoms with E-state index in [9.17, 15) is 9.18 Å². The Morgan fingerprint density at radius 2 is 1.64 bits per heavy atom. The quantitative estimate of drug-likeness (QED) is 0.495. The highest BCUT2D eigenvalue weighted by atomic mass is 19.1. The fraction of sp³-hybridized carbons (Fsp3) is 0.917. The van der Waals surface area contributed by atoms with Gasteiger partial charge in [0.15, 0.2) is 0 Å². The minimum Gasteiger partial charge on any atom is -0.462 e. The van der Waals surface area contributed by atoms with Gasteiger partial charge in [-0.05, 0) is 69.1 Å². The summed E-state index contributed by atoms with van der Waals surface area (Å²) in [6.45, 7) is 2.28. The molecule has 3 saturated carbocycles. The van der Waals surface area contributed by atoms with Crippen molar-refractivity contribution in [2.24, 2.45) is 29.6 Å². The lowest BCUT2D eigenvalue weighted by molar-refractivity contribution is -0.158. The van der Waals surface area contributed by atoms with E-state index in [0.29, 0.717) is 12.8 Å². The number of carbonyl (C=O) groups is 1. The standard InChI is InChI=1S/C24H38FNO2/c1-2-3-4-17-5-7-18(8-6-17)19-9-11-20(12-10-19)24(27)28-22-14-13-21(16-26)23(25)15-22/h17-23H,2-15H2,1H3. The number of halogens is 1. The molecule has 0 heterocycles. The van der Waals surface area contributed by atoms with Crippen LogP contribution in [0.4, 0.5) is 4.39 Å². The van der Waals surface area contributed by atoms with E-state index in [-0.39, 0.29) is 24.4 Å². The van der Waals surface area contributed by atoms with E-state index in [1.807, 2.05) is 6.07 Å². The fourth-order valence-corrected chi connectivity index (χ4v) is 5.86. The van der Waals surface area contributed by atoms with Gasteiger partial charge in [0.25, 0.3) is 0 Å². The molecule has 3 unspecified atom stereocenters. The highest BCUT2D eigenvalue weighted by Crippen LogP contribution is 2.42. The minimum absolute atomic E-state index is 0.00361. The molecule has 0 saturated heterocycles. The molecule has 3 nitrogen and oxygen atoms in total. The van der Waals surface area contributed by atoms with Crippen LogP contribution in [-0.4, -0.2) is 18.2 Å². The van der Waals surface area contributed by atoms with Crippen molar-refractivity contribution in [3.63, 3.8) is 0 Å². The predicted molar refractivity (Wildman–Crippen MR) is 108 cm³/mol. The third-order valence-electron chi connectivity index (χ3n) is 7.80. The van der Waals surface area contributed by atoms with E-state index in [0.717, 1.165) is 43.4 Å². The third-order valence-corrected chi connectivity index (χ3v) is 7.80. The van der Waals surface area contributed by atoms with E-state index < -0.39 is 12.1 Å². The number of hydrogen-bond acceptors (Lipinski definition) is 3. The van der Waals surface area contributed by atoms with E-state index in [2.05, 4.69) is 6.92 Å². The van der Waals surface area contributed by atoms with Crippen molar-refractivity contribution in [2.45, 2.75) is 109 Å². The maximum atomic E-state index is 13.9. The smallest absolute Gasteiger partial charge is 0.309 e. The molecule has 0 bridgehead atoms. The van der Waals surface area contributed by atoms with Gasteiger partial charge in [0, 0.05) is 6.42 Å². The van der Waals surface area contributed by atoms with Crippen LogP contribution in [0.5, 0.6) is 0 Å². The number of esters is 1. The average molecular weight is 392 g/mol. The molecule has 0 radical (unpaired) electrons. The first-order chi connectivity index (χ1) is 13.6. The SMILES string of the molecule is CCCCC1CCC(C2CCC(C(=O)OC3CCC(C#N)C(F)C3)CC2)CC1. The number of hydrogen-bond donors (Lipinski definition) is 0.